The Morgan fingerprint density at radius 2 is 1.26 bits per heavy atom. The van der Waals surface area contributed by atoms with Gasteiger partial charge in [0.1, 0.15) is 0 Å². The van der Waals surface area contributed by atoms with Crippen molar-refractivity contribution in [2.45, 2.75) is 19.3 Å². The third kappa shape index (κ3) is 2.30. The van der Waals surface area contributed by atoms with E-state index in [1.165, 1.54) is 0 Å². The third-order valence-electron chi connectivity index (χ3n) is 4.48. The molecule has 0 amide bonds. The molecule has 0 unspecified atom stereocenters. The zero-order chi connectivity index (χ0) is 16.4. The standard InChI is InChI=1S/C17H16N6/c1-11-3-5-13-14-6-4-12(2)8-16(14)17(9-20-22-18,10-21-23-19)15(13)7-11/h3-8H,9-10H2,1-2H3. The van der Waals surface area contributed by atoms with Crippen LogP contribution in [0, 0.1) is 13.8 Å². The van der Waals surface area contributed by atoms with Crippen molar-refractivity contribution in [3.63, 3.8) is 0 Å². The quantitative estimate of drug-likeness (QED) is 0.422. The van der Waals surface area contributed by atoms with Gasteiger partial charge < -0.3 is 0 Å². The van der Waals surface area contributed by atoms with Crippen molar-refractivity contribution in [3.8, 4) is 11.1 Å². The molecule has 6 nitrogen and oxygen atoms in total. The van der Waals surface area contributed by atoms with E-state index >= 15 is 0 Å². The van der Waals surface area contributed by atoms with Crippen molar-refractivity contribution in [2.24, 2.45) is 10.2 Å². The summed E-state index contributed by atoms with van der Waals surface area (Å²) in [7, 11) is 0. The molecule has 1 aliphatic carbocycles. The molecule has 0 saturated carbocycles. The van der Waals surface area contributed by atoms with Gasteiger partial charge in [-0.1, -0.05) is 57.8 Å². The molecule has 0 heterocycles. The van der Waals surface area contributed by atoms with Gasteiger partial charge in [0.15, 0.2) is 0 Å². The second kappa shape index (κ2) is 5.69. The number of azide groups is 2. The fourth-order valence-electron chi connectivity index (χ4n) is 3.42. The summed E-state index contributed by atoms with van der Waals surface area (Å²) < 4.78 is 0. The number of benzene rings is 2. The van der Waals surface area contributed by atoms with Gasteiger partial charge in [0.25, 0.3) is 0 Å². The summed E-state index contributed by atoms with van der Waals surface area (Å²) in [6.45, 7) is 4.52. The van der Waals surface area contributed by atoms with Crippen LogP contribution in [0.5, 0.6) is 0 Å². The van der Waals surface area contributed by atoms with Crippen molar-refractivity contribution < 1.29 is 0 Å². The topological polar surface area (TPSA) is 97.5 Å². The molecular weight excluding hydrogens is 288 g/mol. The molecule has 0 aliphatic heterocycles. The van der Waals surface area contributed by atoms with Crippen LogP contribution in [0.3, 0.4) is 0 Å². The van der Waals surface area contributed by atoms with Crippen LogP contribution in [0.15, 0.2) is 46.6 Å². The van der Waals surface area contributed by atoms with Crippen LogP contribution in [0.4, 0.5) is 0 Å². The molecule has 0 saturated heterocycles. The minimum atomic E-state index is -0.596. The molecule has 0 spiro atoms. The summed E-state index contributed by atoms with van der Waals surface area (Å²) in [6.07, 6.45) is 0. The van der Waals surface area contributed by atoms with Crippen LogP contribution in [0.2, 0.25) is 0 Å². The molecule has 3 rings (SSSR count). The van der Waals surface area contributed by atoms with Gasteiger partial charge in [-0.05, 0) is 47.2 Å². The second-order valence-corrected chi connectivity index (χ2v) is 5.96. The van der Waals surface area contributed by atoms with Gasteiger partial charge in [-0.25, -0.2) is 0 Å². The Hall–Kier alpha value is -2.94. The Balaban J connectivity index is 2.36. The van der Waals surface area contributed by atoms with E-state index in [2.05, 4.69) is 56.5 Å². The van der Waals surface area contributed by atoms with E-state index in [4.69, 9.17) is 11.1 Å². The lowest BCUT2D eigenvalue weighted by molar-refractivity contribution is 0.548. The fraction of sp³-hybridized carbons (Fsp3) is 0.294. The highest BCUT2D eigenvalue weighted by Crippen LogP contribution is 2.50. The lowest BCUT2D eigenvalue weighted by Gasteiger charge is -2.29. The predicted octanol–water partition coefficient (Wildman–Crippen LogP) is 5.19. The molecule has 1 aliphatic rings. The molecule has 0 atom stereocenters. The monoisotopic (exact) mass is 304 g/mol. The van der Waals surface area contributed by atoms with Crippen LogP contribution in [0.25, 0.3) is 32.0 Å². The van der Waals surface area contributed by atoms with E-state index in [-0.39, 0.29) is 13.1 Å². The molecule has 23 heavy (non-hydrogen) atoms. The van der Waals surface area contributed by atoms with E-state index in [1.807, 2.05) is 13.8 Å². The Bertz CT molecular complexity index is 799. The maximum absolute atomic E-state index is 8.83. The molecule has 2 aromatic carbocycles. The van der Waals surface area contributed by atoms with Gasteiger partial charge in [-0.2, -0.15) is 0 Å². The van der Waals surface area contributed by atoms with Crippen LogP contribution < -0.4 is 0 Å². The van der Waals surface area contributed by atoms with Crippen molar-refractivity contribution in [1.29, 1.82) is 0 Å². The number of nitrogens with zero attached hydrogens (tertiary/aromatic N) is 6. The number of rotatable bonds is 4. The average Bonchev–Trinajstić information content (AvgIpc) is 2.80. The van der Waals surface area contributed by atoms with Crippen LogP contribution >= 0.6 is 0 Å². The zero-order valence-electron chi connectivity index (χ0n) is 13.1. The van der Waals surface area contributed by atoms with Gasteiger partial charge in [0, 0.05) is 28.3 Å². The zero-order valence-corrected chi connectivity index (χ0v) is 13.1. The first-order valence-corrected chi connectivity index (χ1v) is 7.37. The molecule has 0 bridgehead atoms. The highest BCUT2D eigenvalue weighted by Gasteiger charge is 2.42. The Labute approximate surface area is 134 Å². The predicted molar refractivity (Wildman–Crippen MR) is 90.2 cm³/mol. The highest BCUT2D eigenvalue weighted by atomic mass is 15.2. The summed E-state index contributed by atoms with van der Waals surface area (Å²) in [5.74, 6) is 0. The van der Waals surface area contributed by atoms with Crippen molar-refractivity contribution in [3.05, 3.63) is 79.5 Å². The maximum atomic E-state index is 8.83. The van der Waals surface area contributed by atoms with Gasteiger partial charge in [-0.15, -0.1) is 0 Å². The van der Waals surface area contributed by atoms with E-state index in [0.29, 0.717) is 0 Å². The first-order valence-electron chi connectivity index (χ1n) is 7.37. The third-order valence-corrected chi connectivity index (χ3v) is 4.48. The van der Waals surface area contributed by atoms with Crippen LogP contribution in [-0.2, 0) is 5.41 Å². The Morgan fingerprint density at radius 3 is 1.65 bits per heavy atom. The minimum Gasteiger partial charge on any atom is -0.0927 e. The first-order chi connectivity index (χ1) is 11.1. The number of hydrogen-bond acceptors (Lipinski definition) is 2. The second-order valence-electron chi connectivity index (χ2n) is 5.96. The Kier molecular flexibility index (Phi) is 3.70. The maximum Gasteiger partial charge on any atom is 0.0397 e. The lowest BCUT2D eigenvalue weighted by Crippen LogP contribution is -2.32. The number of aryl methyl sites for hydroxylation is 2. The van der Waals surface area contributed by atoms with E-state index < -0.39 is 5.41 Å². The smallest absolute Gasteiger partial charge is 0.0397 e. The van der Waals surface area contributed by atoms with Crippen molar-refractivity contribution in [2.75, 3.05) is 13.1 Å². The molecule has 6 heteroatoms. The first kappa shape index (κ1) is 15.0. The summed E-state index contributed by atoms with van der Waals surface area (Å²) in [4.78, 5) is 5.87. The van der Waals surface area contributed by atoms with E-state index in [0.717, 1.165) is 33.4 Å². The normalized spacial score (nSPS) is 13.5. The summed E-state index contributed by atoms with van der Waals surface area (Å²) in [5.41, 5.74) is 23.7. The van der Waals surface area contributed by atoms with Gasteiger partial charge >= 0.3 is 0 Å². The highest BCUT2D eigenvalue weighted by molar-refractivity contribution is 5.82. The molecule has 0 N–H and O–H groups in total. The van der Waals surface area contributed by atoms with Crippen LogP contribution in [-0.4, -0.2) is 13.1 Å². The minimum absolute atomic E-state index is 0.232. The number of fused-ring (bicyclic) bond motifs is 3. The largest absolute Gasteiger partial charge is 0.0927 e. The van der Waals surface area contributed by atoms with Gasteiger partial charge in [0.05, 0.1) is 0 Å². The summed E-state index contributed by atoms with van der Waals surface area (Å²) in [5, 5.41) is 7.67. The summed E-state index contributed by atoms with van der Waals surface area (Å²) >= 11 is 0. The molecule has 2 aromatic rings. The molecule has 114 valence electrons. The van der Waals surface area contributed by atoms with E-state index in [1.54, 1.807) is 0 Å². The fourth-order valence-corrected chi connectivity index (χ4v) is 3.42. The number of hydrogen-bond donors (Lipinski definition) is 0. The van der Waals surface area contributed by atoms with Crippen molar-refractivity contribution >= 4 is 0 Å². The molecule has 0 aromatic heterocycles. The van der Waals surface area contributed by atoms with Gasteiger partial charge in [-0.3, -0.25) is 0 Å². The lowest BCUT2D eigenvalue weighted by atomic mass is 9.77. The Morgan fingerprint density at radius 1 is 0.826 bits per heavy atom. The van der Waals surface area contributed by atoms with Crippen LogP contribution in [0.1, 0.15) is 22.3 Å². The van der Waals surface area contributed by atoms with Gasteiger partial charge in [0.2, 0.25) is 0 Å². The molecule has 0 radical (unpaired) electrons. The molecule has 0 fully saturated rings. The average molecular weight is 304 g/mol. The van der Waals surface area contributed by atoms with E-state index in [9.17, 15) is 0 Å². The molecular formula is C17H16N6. The van der Waals surface area contributed by atoms with Crippen molar-refractivity contribution in [1.82, 2.24) is 0 Å². The summed E-state index contributed by atoms with van der Waals surface area (Å²) in [6, 6.07) is 12.5. The SMILES string of the molecule is Cc1ccc2c(c1)C(CN=[N+]=[N-])(CN=[N+]=[N-])c1cc(C)ccc1-2.